The Hall–Kier alpha value is -3.81. The second-order valence-electron chi connectivity index (χ2n) is 6.97. The Balaban J connectivity index is 1.68. The van der Waals surface area contributed by atoms with Crippen LogP contribution in [0.15, 0.2) is 42.5 Å². The highest BCUT2D eigenvalue weighted by atomic mass is 32.1. The number of thiocarbonyl (C=S) groups is 1. The summed E-state index contributed by atoms with van der Waals surface area (Å²) in [6.45, 7) is 0.809. The number of nitrogens with one attached hydrogen (secondary N) is 1. The predicted octanol–water partition coefficient (Wildman–Crippen LogP) is 3.36. The van der Waals surface area contributed by atoms with E-state index in [2.05, 4.69) is 5.32 Å². The first kappa shape index (κ1) is 23.8. The third kappa shape index (κ3) is 5.34. The van der Waals surface area contributed by atoms with Crippen LogP contribution in [0.3, 0.4) is 0 Å². The standard InChI is InChI=1S/C19H16F3N5O5S/c20-19(21,22)12-5-6-15(16(11-12)27(31)32)24-7-9-25(10-8-24)18(33)23-17(28)13-3-1-2-4-14(13)26(29)30/h1-6,11H,7-10H2,(H,23,28,33). The summed E-state index contributed by atoms with van der Waals surface area (Å²) in [5.74, 6) is -0.756. The lowest BCUT2D eigenvalue weighted by Gasteiger charge is -2.37. The number of halogens is 3. The molecule has 0 saturated carbocycles. The lowest BCUT2D eigenvalue weighted by atomic mass is 10.1. The predicted molar refractivity (Wildman–Crippen MR) is 115 cm³/mol. The fourth-order valence-electron chi connectivity index (χ4n) is 3.33. The molecule has 1 aliphatic rings. The quantitative estimate of drug-likeness (QED) is 0.399. The van der Waals surface area contributed by atoms with Crippen molar-refractivity contribution in [1.29, 1.82) is 0 Å². The molecule has 0 aliphatic carbocycles. The number of anilines is 1. The van der Waals surface area contributed by atoms with Crippen LogP contribution in [-0.4, -0.2) is 51.9 Å². The van der Waals surface area contributed by atoms with Crippen molar-refractivity contribution in [1.82, 2.24) is 10.2 Å². The van der Waals surface area contributed by atoms with Gasteiger partial charge in [-0.2, -0.15) is 13.2 Å². The van der Waals surface area contributed by atoms with Gasteiger partial charge in [-0.05, 0) is 30.4 Å². The molecule has 0 radical (unpaired) electrons. The Morgan fingerprint density at radius 2 is 1.58 bits per heavy atom. The molecule has 0 atom stereocenters. The Morgan fingerprint density at radius 1 is 0.970 bits per heavy atom. The van der Waals surface area contributed by atoms with Crippen LogP contribution in [0.5, 0.6) is 0 Å². The van der Waals surface area contributed by atoms with E-state index in [1.807, 2.05) is 0 Å². The number of benzene rings is 2. The molecule has 1 aliphatic heterocycles. The molecule has 0 unspecified atom stereocenters. The van der Waals surface area contributed by atoms with Crippen molar-refractivity contribution in [3.05, 3.63) is 73.8 Å². The molecule has 174 valence electrons. The molecule has 3 rings (SSSR count). The summed E-state index contributed by atoms with van der Waals surface area (Å²) in [6, 6.07) is 7.72. The molecular formula is C19H16F3N5O5S. The maximum Gasteiger partial charge on any atom is 0.416 e. The number of carbonyl (C=O) groups excluding carboxylic acids is 1. The number of para-hydroxylation sites is 1. The van der Waals surface area contributed by atoms with E-state index in [0.29, 0.717) is 6.07 Å². The number of nitrogens with zero attached hydrogens (tertiary/aromatic N) is 4. The Kier molecular flexibility index (Phi) is 6.76. The lowest BCUT2D eigenvalue weighted by molar-refractivity contribution is -0.385. The number of hydrogen-bond acceptors (Lipinski definition) is 7. The number of nitro benzene ring substituents is 2. The van der Waals surface area contributed by atoms with Gasteiger partial charge in [-0.1, -0.05) is 12.1 Å². The molecule has 14 heteroatoms. The van der Waals surface area contributed by atoms with Crippen molar-refractivity contribution in [2.75, 3.05) is 31.1 Å². The van der Waals surface area contributed by atoms with Gasteiger partial charge in [0.05, 0.1) is 15.4 Å². The molecule has 2 aromatic carbocycles. The minimum atomic E-state index is -4.71. The van der Waals surface area contributed by atoms with Crippen LogP contribution in [0.4, 0.5) is 30.2 Å². The molecule has 1 amide bonds. The highest BCUT2D eigenvalue weighted by Crippen LogP contribution is 2.36. The van der Waals surface area contributed by atoms with Crippen LogP contribution in [-0.2, 0) is 6.18 Å². The van der Waals surface area contributed by atoms with Crippen LogP contribution in [0.2, 0.25) is 0 Å². The summed E-state index contributed by atoms with van der Waals surface area (Å²) in [5.41, 5.74) is -2.27. The minimum Gasteiger partial charge on any atom is -0.362 e. The molecule has 1 N–H and O–H groups in total. The van der Waals surface area contributed by atoms with Crippen molar-refractivity contribution in [3.63, 3.8) is 0 Å². The third-order valence-electron chi connectivity index (χ3n) is 4.97. The summed E-state index contributed by atoms with van der Waals surface area (Å²) < 4.78 is 38.7. The zero-order valence-electron chi connectivity index (χ0n) is 16.7. The first-order chi connectivity index (χ1) is 15.5. The van der Waals surface area contributed by atoms with Crippen molar-refractivity contribution >= 4 is 40.3 Å². The number of nitro groups is 2. The highest BCUT2D eigenvalue weighted by Gasteiger charge is 2.34. The summed E-state index contributed by atoms with van der Waals surface area (Å²) in [5, 5.41) is 24.9. The van der Waals surface area contributed by atoms with E-state index >= 15 is 0 Å². The number of piperazine rings is 1. The Labute approximate surface area is 189 Å². The first-order valence-electron chi connectivity index (χ1n) is 9.43. The molecule has 0 spiro atoms. The zero-order chi connectivity index (χ0) is 24.3. The van der Waals surface area contributed by atoms with Gasteiger partial charge in [0, 0.05) is 38.3 Å². The normalized spacial score (nSPS) is 14.0. The first-order valence-corrected chi connectivity index (χ1v) is 9.84. The van der Waals surface area contributed by atoms with Crippen LogP contribution in [0.1, 0.15) is 15.9 Å². The van der Waals surface area contributed by atoms with Gasteiger partial charge in [0.2, 0.25) is 0 Å². The monoisotopic (exact) mass is 483 g/mol. The molecule has 10 nitrogen and oxygen atoms in total. The maximum absolute atomic E-state index is 12.9. The van der Waals surface area contributed by atoms with Gasteiger partial charge in [0.25, 0.3) is 17.3 Å². The molecule has 0 bridgehead atoms. The highest BCUT2D eigenvalue weighted by molar-refractivity contribution is 7.80. The molecule has 1 fully saturated rings. The van der Waals surface area contributed by atoms with Gasteiger partial charge in [-0.15, -0.1) is 0 Å². The Morgan fingerprint density at radius 3 is 2.15 bits per heavy atom. The van der Waals surface area contributed by atoms with Crippen LogP contribution >= 0.6 is 12.2 Å². The number of carbonyl (C=O) groups is 1. The van der Waals surface area contributed by atoms with Crippen molar-refractivity contribution < 1.29 is 27.8 Å². The van der Waals surface area contributed by atoms with E-state index in [4.69, 9.17) is 12.2 Å². The van der Waals surface area contributed by atoms with Crippen molar-refractivity contribution in [2.45, 2.75) is 6.18 Å². The average molecular weight is 483 g/mol. The van der Waals surface area contributed by atoms with Gasteiger partial charge in [-0.25, -0.2) is 0 Å². The minimum absolute atomic E-state index is 0.0136. The van der Waals surface area contributed by atoms with Crippen LogP contribution in [0, 0.1) is 20.2 Å². The van der Waals surface area contributed by atoms with Crippen molar-refractivity contribution in [2.24, 2.45) is 0 Å². The average Bonchev–Trinajstić information content (AvgIpc) is 2.78. The van der Waals surface area contributed by atoms with Crippen LogP contribution in [0.25, 0.3) is 0 Å². The molecule has 1 saturated heterocycles. The SMILES string of the molecule is O=C(NC(=S)N1CCN(c2ccc(C(F)(F)F)cc2[N+](=O)[O-])CC1)c1ccccc1[N+](=O)[O-]. The van der Waals surface area contributed by atoms with Gasteiger partial charge in [0.15, 0.2) is 5.11 Å². The fourth-order valence-corrected chi connectivity index (χ4v) is 3.61. The largest absolute Gasteiger partial charge is 0.416 e. The second-order valence-corrected chi connectivity index (χ2v) is 7.35. The topological polar surface area (TPSA) is 122 Å². The maximum atomic E-state index is 12.9. The van der Waals surface area contributed by atoms with E-state index in [1.165, 1.54) is 24.3 Å². The van der Waals surface area contributed by atoms with E-state index in [1.54, 1.807) is 9.80 Å². The summed E-state index contributed by atoms with van der Waals surface area (Å²) in [7, 11) is 0. The van der Waals surface area contributed by atoms with Gasteiger partial charge in [0.1, 0.15) is 11.3 Å². The van der Waals surface area contributed by atoms with Gasteiger partial charge in [-0.3, -0.25) is 30.3 Å². The fraction of sp³-hybridized carbons (Fsp3) is 0.263. The molecule has 0 aromatic heterocycles. The van der Waals surface area contributed by atoms with Crippen molar-refractivity contribution in [3.8, 4) is 0 Å². The van der Waals surface area contributed by atoms with E-state index in [9.17, 15) is 38.2 Å². The van der Waals surface area contributed by atoms with E-state index in [0.717, 1.165) is 12.1 Å². The van der Waals surface area contributed by atoms with Gasteiger partial charge < -0.3 is 9.80 Å². The van der Waals surface area contributed by atoms with E-state index in [-0.39, 0.29) is 48.2 Å². The van der Waals surface area contributed by atoms with Gasteiger partial charge >= 0.3 is 6.18 Å². The summed E-state index contributed by atoms with van der Waals surface area (Å²) >= 11 is 5.21. The summed E-state index contributed by atoms with van der Waals surface area (Å²) in [4.78, 5) is 36.5. The number of alkyl halides is 3. The van der Waals surface area contributed by atoms with E-state index < -0.39 is 33.2 Å². The third-order valence-corrected chi connectivity index (χ3v) is 5.33. The zero-order valence-corrected chi connectivity index (χ0v) is 17.6. The molecule has 2 aromatic rings. The summed E-state index contributed by atoms with van der Waals surface area (Å²) in [6.07, 6.45) is -4.71. The Bertz CT molecular complexity index is 1120. The molecular weight excluding hydrogens is 467 g/mol. The molecule has 33 heavy (non-hydrogen) atoms. The number of rotatable bonds is 4. The smallest absolute Gasteiger partial charge is 0.362 e. The van der Waals surface area contributed by atoms with Crippen LogP contribution < -0.4 is 10.2 Å². The second kappa shape index (κ2) is 9.36. The number of amides is 1. The number of hydrogen-bond donors (Lipinski definition) is 1. The lowest BCUT2D eigenvalue weighted by Crippen LogP contribution is -2.52. The molecule has 1 heterocycles.